The number of allylic oxidation sites excluding steroid dienone is 1. The van der Waals surface area contributed by atoms with Crippen molar-refractivity contribution in [3.8, 4) is 0 Å². The van der Waals surface area contributed by atoms with E-state index >= 15 is 0 Å². The quantitative estimate of drug-likeness (QED) is 0.438. The largest absolute Gasteiger partial charge is 0.392 e. The third kappa shape index (κ3) is 3.33. The van der Waals surface area contributed by atoms with Crippen molar-refractivity contribution in [3.63, 3.8) is 0 Å². The van der Waals surface area contributed by atoms with Crippen LogP contribution in [0, 0.1) is 45.3 Å². The molecular formula is C30H50O2. The SMILES string of the molecule is C=C(C)[C@H](O)CC[C@H](C)[C@@H]1CC[C@]2(C)[C@H]3CC=C4[C@@H](CC[C@H](O)C4(C)C)[C@]3(C)CC[C@@]12C. The van der Waals surface area contributed by atoms with E-state index in [1.165, 1.54) is 32.1 Å². The van der Waals surface area contributed by atoms with Gasteiger partial charge in [0, 0.05) is 5.41 Å². The fraction of sp³-hybridized carbons (Fsp3) is 0.867. The fourth-order valence-electron chi connectivity index (χ4n) is 9.50. The number of rotatable bonds is 5. The van der Waals surface area contributed by atoms with Crippen LogP contribution in [0.3, 0.4) is 0 Å². The van der Waals surface area contributed by atoms with Crippen LogP contribution >= 0.6 is 0 Å². The molecule has 2 nitrogen and oxygen atoms in total. The Labute approximate surface area is 198 Å². The minimum atomic E-state index is -0.348. The molecule has 3 fully saturated rings. The minimum Gasteiger partial charge on any atom is -0.392 e. The first-order valence-electron chi connectivity index (χ1n) is 13.5. The van der Waals surface area contributed by atoms with Gasteiger partial charge in [-0.2, -0.15) is 0 Å². The van der Waals surface area contributed by atoms with E-state index in [0.717, 1.165) is 43.1 Å². The summed E-state index contributed by atoms with van der Waals surface area (Å²) in [6.45, 7) is 20.8. The van der Waals surface area contributed by atoms with Crippen molar-refractivity contribution >= 4 is 0 Å². The Balaban J connectivity index is 1.60. The van der Waals surface area contributed by atoms with Crippen molar-refractivity contribution in [2.75, 3.05) is 0 Å². The monoisotopic (exact) mass is 442 g/mol. The van der Waals surface area contributed by atoms with Crippen LogP contribution in [-0.4, -0.2) is 22.4 Å². The normalized spacial score (nSPS) is 47.0. The van der Waals surface area contributed by atoms with Gasteiger partial charge in [0.15, 0.2) is 0 Å². The summed E-state index contributed by atoms with van der Waals surface area (Å²) in [5.74, 6) is 2.79. The van der Waals surface area contributed by atoms with Gasteiger partial charge in [0.25, 0.3) is 0 Å². The lowest BCUT2D eigenvalue weighted by Crippen LogP contribution is -2.59. The van der Waals surface area contributed by atoms with Gasteiger partial charge in [-0.15, -0.1) is 0 Å². The van der Waals surface area contributed by atoms with Gasteiger partial charge in [-0.3, -0.25) is 0 Å². The molecule has 0 aromatic heterocycles. The van der Waals surface area contributed by atoms with Crippen molar-refractivity contribution in [2.24, 2.45) is 45.3 Å². The lowest BCUT2D eigenvalue weighted by atomic mass is 9.39. The predicted molar refractivity (Wildman–Crippen MR) is 134 cm³/mol. The van der Waals surface area contributed by atoms with E-state index in [1.807, 2.05) is 6.92 Å². The lowest BCUT2D eigenvalue weighted by molar-refractivity contribution is -0.145. The van der Waals surface area contributed by atoms with E-state index in [4.69, 9.17) is 0 Å². The molecule has 0 saturated heterocycles. The Bertz CT molecular complexity index is 780. The molecule has 4 aliphatic rings. The van der Waals surface area contributed by atoms with Crippen LogP contribution in [-0.2, 0) is 0 Å². The van der Waals surface area contributed by atoms with E-state index in [0.29, 0.717) is 28.1 Å². The molecular weight excluding hydrogens is 392 g/mol. The number of hydrogen-bond donors (Lipinski definition) is 2. The standard InChI is InChI=1S/C30H50O2/c1-19(2)24(31)12-9-20(3)21-15-16-30(8)25-13-10-22-23(11-14-26(32)27(22,4)5)28(25,6)17-18-29(21,30)7/h10,20-21,23-26,31-32H,1,9,11-18H2,2-8H3/t20-,21-,23+,24+,25-,26-,28-,29-,30+/m0/s1. The maximum Gasteiger partial charge on any atom is 0.0744 e. The van der Waals surface area contributed by atoms with E-state index in [9.17, 15) is 10.2 Å². The van der Waals surface area contributed by atoms with Crippen LogP contribution in [0.15, 0.2) is 23.8 Å². The third-order valence-corrected chi connectivity index (χ3v) is 12.0. The second kappa shape index (κ2) is 7.98. The van der Waals surface area contributed by atoms with Crippen LogP contribution in [0.5, 0.6) is 0 Å². The van der Waals surface area contributed by atoms with Gasteiger partial charge < -0.3 is 10.2 Å². The van der Waals surface area contributed by atoms with Gasteiger partial charge >= 0.3 is 0 Å². The van der Waals surface area contributed by atoms with Gasteiger partial charge in [-0.25, -0.2) is 0 Å². The van der Waals surface area contributed by atoms with Crippen molar-refractivity contribution in [2.45, 2.75) is 118 Å². The molecule has 0 unspecified atom stereocenters. The first kappa shape index (κ1) is 24.5. The average molecular weight is 443 g/mol. The Morgan fingerprint density at radius 1 is 1.03 bits per heavy atom. The summed E-state index contributed by atoms with van der Waals surface area (Å²) in [4.78, 5) is 0. The van der Waals surface area contributed by atoms with Gasteiger partial charge in [0.05, 0.1) is 12.2 Å². The number of hydrogen-bond acceptors (Lipinski definition) is 2. The van der Waals surface area contributed by atoms with Crippen molar-refractivity contribution in [3.05, 3.63) is 23.8 Å². The smallest absolute Gasteiger partial charge is 0.0744 e. The topological polar surface area (TPSA) is 40.5 Å². The van der Waals surface area contributed by atoms with Crippen LogP contribution in [0.25, 0.3) is 0 Å². The summed E-state index contributed by atoms with van der Waals surface area (Å²) < 4.78 is 0. The van der Waals surface area contributed by atoms with E-state index in [2.05, 4.69) is 54.2 Å². The minimum absolute atomic E-state index is 0.0740. The Morgan fingerprint density at radius 2 is 1.72 bits per heavy atom. The third-order valence-electron chi connectivity index (χ3n) is 12.0. The molecule has 0 bridgehead atoms. The van der Waals surface area contributed by atoms with Gasteiger partial charge in [0.1, 0.15) is 0 Å². The summed E-state index contributed by atoms with van der Waals surface area (Å²) in [6.07, 6.45) is 12.7. The molecule has 0 aromatic rings. The molecule has 0 amide bonds. The molecule has 0 radical (unpaired) electrons. The molecule has 4 rings (SSSR count). The second-order valence-corrected chi connectivity index (χ2v) is 13.7. The summed E-state index contributed by atoms with van der Waals surface area (Å²) in [6, 6.07) is 0. The Morgan fingerprint density at radius 3 is 2.38 bits per heavy atom. The first-order chi connectivity index (χ1) is 14.8. The van der Waals surface area contributed by atoms with Crippen LogP contribution in [0.4, 0.5) is 0 Å². The Hall–Kier alpha value is -0.600. The number of aliphatic hydroxyl groups excluding tert-OH is 2. The molecule has 2 N–H and O–H groups in total. The maximum atomic E-state index is 10.8. The number of fused-ring (bicyclic) bond motifs is 5. The first-order valence-corrected chi connectivity index (χ1v) is 13.5. The summed E-state index contributed by atoms with van der Waals surface area (Å²) >= 11 is 0. The molecule has 2 heteroatoms. The van der Waals surface area contributed by atoms with Crippen LogP contribution < -0.4 is 0 Å². The van der Waals surface area contributed by atoms with Crippen molar-refractivity contribution in [1.82, 2.24) is 0 Å². The fourth-order valence-corrected chi connectivity index (χ4v) is 9.50. The molecule has 0 aromatic carbocycles. The van der Waals surface area contributed by atoms with Crippen molar-refractivity contribution in [1.29, 1.82) is 0 Å². The average Bonchev–Trinajstić information content (AvgIpc) is 3.00. The van der Waals surface area contributed by atoms with E-state index < -0.39 is 0 Å². The lowest BCUT2D eigenvalue weighted by Gasteiger charge is -2.66. The van der Waals surface area contributed by atoms with Gasteiger partial charge in [0.2, 0.25) is 0 Å². The molecule has 9 atom stereocenters. The zero-order valence-corrected chi connectivity index (χ0v) is 22.0. The number of aliphatic hydroxyl groups is 2. The molecule has 4 aliphatic carbocycles. The predicted octanol–water partition coefficient (Wildman–Crippen LogP) is 7.31. The molecule has 3 saturated carbocycles. The highest BCUT2D eigenvalue weighted by Gasteiger charge is 2.67. The molecule has 0 heterocycles. The maximum absolute atomic E-state index is 10.8. The van der Waals surface area contributed by atoms with Gasteiger partial charge in [-0.1, -0.05) is 65.3 Å². The molecule has 0 aliphatic heterocycles. The summed E-state index contributed by atoms with van der Waals surface area (Å²) in [5, 5.41) is 21.1. The molecule has 0 spiro atoms. The Kier molecular flexibility index (Phi) is 6.11. The van der Waals surface area contributed by atoms with Crippen LogP contribution in [0.1, 0.15) is 106 Å². The zero-order valence-electron chi connectivity index (χ0n) is 22.0. The van der Waals surface area contributed by atoms with Crippen LogP contribution in [0.2, 0.25) is 0 Å². The van der Waals surface area contributed by atoms with Crippen molar-refractivity contribution < 1.29 is 10.2 Å². The highest BCUT2D eigenvalue weighted by atomic mass is 16.3. The highest BCUT2D eigenvalue weighted by molar-refractivity contribution is 5.30. The van der Waals surface area contributed by atoms with E-state index in [-0.39, 0.29) is 17.6 Å². The second-order valence-electron chi connectivity index (χ2n) is 13.7. The molecule has 182 valence electrons. The molecule has 32 heavy (non-hydrogen) atoms. The van der Waals surface area contributed by atoms with E-state index in [1.54, 1.807) is 5.57 Å². The summed E-state index contributed by atoms with van der Waals surface area (Å²) in [5.41, 5.74) is 3.53. The zero-order chi connectivity index (χ0) is 23.7. The highest BCUT2D eigenvalue weighted by Crippen LogP contribution is 2.74. The van der Waals surface area contributed by atoms with Gasteiger partial charge in [-0.05, 0) is 105 Å². The summed E-state index contributed by atoms with van der Waals surface area (Å²) in [7, 11) is 0.